The number of fused-ring (bicyclic) bond motifs is 1. The van der Waals surface area contributed by atoms with Crippen LogP contribution in [0.25, 0.3) is 11.1 Å². The van der Waals surface area contributed by atoms with Gasteiger partial charge in [0.25, 0.3) is 0 Å². The molecule has 2 aliphatic rings. The maximum absolute atomic E-state index is 11.1. The summed E-state index contributed by atoms with van der Waals surface area (Å²) in [5.41, 5.74) is 6.79. The lowest BCUT2D eigenvalue weighted by atomic mass is 9.94. The summed E-state index contributed by atoms with van der Waals surface area (Å²) in [6.07, 6.45) is 2.44. The minimum atomic E-state index is -0.814. The third kappa shape index (κ3) is 5.49. The average molecular weight is 488 g/mol. The van der Waals surface area contributed by atoms with Crippen molar-refractivity contribution >= 4 is 5.97 Å². The molecule has 0 aliphatic carbocycles. The molecule has 0 saturated carbocycles. The molecule has 2 heterocycles. The molecule has 0 bridgehead atoms. The van der Waals surface area contributed by atoms with Crippen LogP contribution >= 0.6 is 0 Å². The first kappa shape index (κ1) is 24.2. The number of carboxylic acid groups (broad SMARTS) is 1. The molecule has 5 rings (SSSR count). The SMILES string of the molecule is Cc1cc(OC2CCNCC2)cc(C)c1-c1cccc(COc2ccc3c(c2)OCC3CC(=O)O)c1. The van der Waals surface area contributed by atoms with Gasteiger partial charge in [0.2, 0.25) is 0 Å². The summed E-state index contributed by atoms with van der Waals surface area (Å²) in [4.78, 5) is 11.1. The fourth-order valence-corrected chi connectivity index (χ4v) is 5.26. The van der Waals surface area contributed by atoms with Crippen molar-refractivity contribution in [3.63, 3.8) is 0 Å². The number of piperidine rings is 1. The van der Waals surface area contributed by atoms with Crippen LogP contribution < -0.4 is 19.5 Å². The highest BCUT2D eigenvalue weighted by molar-refractivity contribution is 5.72. The lowest BCUT2D eigenvalue weighted by molar-refractivity contribution is -0.137. The van der Waals surface area contributed by atoms with Gasteiger partial charge in [0.15, 0.2) is 0 Å². The van der Waals surface area contributed by atoms with Crippen molar-refractivity contribution < 1.29 is 24.1 Å². The first-order valence-corrected chi connectivity index (χ1v) is 12.7. The number of aliphatic carboxylic acids is 1. The Morgan fingerprint density at radius 3 is 2.56 bits per heavy atom. The Kier molecular flexibility index (Phi) is 7.14. The monoisotopic (exact) mass is 487 g/mol. The van der Waals surface area contributed by atoms with Gasteiger partial charge in [-0.3, -0.25) is 4.79 Å². The highest BCUT2D eigenvalue weighted by Gasteiger charge is 2.26. The number of carbonyl (C=O) groups is 1. The molecule has 2 aliphatic heterocycles. The molecule has 2 N–H and O–H groups in total. The van der Waals surface area contributed by atoms with Crippen LogP contribution in [0.4, 0.5) is 0 Å². The molecule has 0 radical (unpaired) electrons. The zero-order valence-electron chi connectivity index (χ0n) is 20.9. The Balaban J connectivity index is 1.27. The van der Waals surface area contributed by atoms with Gasteiger partial charge in [0.1, 0.15) is 30.0 Å². The molecule has 3 aromatic carbocycles. The van der Waals surface area contributed by atoms with E-state index >= 15 is 0 Å². The number of nitrogens with one attached hydrogen (secondary N) is 1. The molecular formula is C30H33NO5. The first-order chi connectivity index (χ1) is 17.5. The van der Waals surface area contributed by atoms with E-state index in [2.05, 4.69) is 55.6 Å². The van der Waals surface area contributed by atoms with Gasteiger partial charge in [-0.15, -0.1) is 0 Å². The third-order valence-electron chi connectivity index (χ3n) is 7.00. The van der Waals surface area contributed by atoms with E-state index in [1.807, 2.05) is 18.2 Å². The van der Waals surface area contributed by atoms with Crippen LogP contribution in [0.1, 0.15) is 47.4 Å². The molecular weight excluding hydrogens is 454 g/mol. The molecule has 1 fully saturated rings. The van der Waals surface area contributed by atoms with E-state index in [9.17, 15) is 4.79 Å². The van der Waals surface area contributed by atoms with Gasteiger partial charge < -0.3 is 24.6 Å². The van der Waals surface area contributed by atoms with Crippen LogP contribution in [0.2, 0.25) is 0 Å². The number of aryl methyl sites for hydroxylation is 2. The van der Waals surface area contributed by atoms with Crippen molar-refractivity contribution in [3.05, 3.63) is 76.9 Å². The van der Waals surface area contributed by atoms with Crippen LogP contribution in [0.15, 0.2) is 54.6 Å². The molecule has 1 saturated heterocycles. The van der Waals surface area contributed by atoms with Gasteiger partial charge in [-0.2, -0.15) is 0 Å². The Morgan fingerprint density at radius 2 is 1.81 bits per heavy atom. The Hall–Kier alpha value is -3.51. The Labute approximate surface area is 212 Å². The standard InChI is InChI=1S/C30H33NO5/c1-19-12-26(36-24-8-10-31-11-9-24)13-20(2)30(19)22-5-3-4-21(14-22)17-34-25-6-7-27-23(15-29(32)33)18-35-28(27)16-25/h3-7,12-14,16,23-24,31H,8-11,15,17-18H2,1-2H3,(H,32,33). The van der Waals surface area contributed by atoms with Crippen LogP contribution in [0.5, 0.6) is 17.2 Å². The van der Waals surface area contributed by atoms with Crippen molar-refractivity contribution in [1.29, 1.82) is 0 Å². The highest BCUT2D eigenvalue weighted by atomic mass is 16.5. The maximum atomic E-state index is 11.1. The Bertz CT molecular complexity index is 1220. The summed E-state index contributed by atoms with van der Waals surface area (Å²) >= 11 is 0. The molecule has 3 aromatic rings. The maximum Gasteiger partial charge on any atom is 0.304 e. The van der Waals surface area contributed by atoms with E-state index in [1.54, 1.807) is 0 Å². The molecule has 0 amide bonds. The third-order valence-corrected chi connectivity index (χ3v) is 7.00. The second-order valence-electron chi connectivity index (χ2n) is 9.79. The topological polar surface area (TPSA) is 77.0 Å². The quantitative estimate of drug-likeness (QED) is 0.429. The van der Waals surface area contributed by atoms with Gasteiger partial charge in [-0.1, -0.05) is 24.3 Å². The van der Waals surface area contributed by atoms with Crippen LogP contribution in [-0.2, 0) is 11.4 Å². The minimum Gasteiger partial charge on any atom is -0.492 e. The number of hydrogen-bond acceptors (Lipinski definition) is 5. The van der Waals surface area contributed by atoms with Crippen molar-refractivity contribution in [2.45, 2.75) is 51.7 Å². The summed E-state index contributed by atoms with van der Waals surface area (Å²) in [5.74, 6) is 1.45. The van der Waals surface area contributed by atoms with Crippen LogP contribution in [0, 0.1) is 13.8 Å². The summed E-state index contributed by atoms with van der Waals surface area (Å²) in [6, 6.07) is 18.4. The van der Waals surface area contributed by atoms with Gasteiger partial charge in [0, 0.05) is 17.5 Å². The number of rotatable bonds is 8. The molecule has 36 heavy (non-hydrogen) atoms. The summed E-state index contributed by atoms with van der Waals surface area (Å²) in [5, 5.41) is 12.5. The lowest BCUT2D eigenvalue weighted by Gasteiger charge is -2.24. The molecule has 6 heteroatoms. The molecule has 0 aromatic heterocycles. The largest absolute Gasteiger partial charge is 0.492 e. The zero-order valence-corrected chi connectivity index (χ0v) is 20.9. The van der Waals surface area contributed by atoms with E-state index in [0.717, 1.165) is 48.4 Å². The molecule has 0 spiro atoms. The molecule has 6 nitrogen and oxygen atoms in total. The Morgan fingerprint density at radius 1 is 1.03 bits per heavy atom. The van der Waals surface area contributed by atoms with Crippen molar-refractivity contribution in [2.24, 2.45) is 0 Å². The van der Waals surface area contributed by atoms with Crippen LogP contribution in [0.3, 0.4) is 0 Å². The second-order valence-corrected chi connectivity index (χ2v) is 9.79. The van der Waals surface area contributed by atoms with E-state index in [4.69, 9.17) is 19.3 Å². The highest BCUT2D eigenvalue weighted by Crippen LogP contribution is 2.38. The van der Waals surface area contributed by atoms with Gasteiger partial charge >= 0.3 is 5.97 Å². The summed E-state index contributed by atoms with van der Waals surface area (Å²) < 4.78 is 18.1. The normalized spacial score (nSPS) is 17.3. The van der Waals surface area contributed by atoms with E-state index in [0.29, 0.717) is 24.7 Å². The van der Waals surface area contributed by atoms with Crippen molar-refractivity contribution in [2.75, 3.05) is 19.7 Å². The molecule has 188 valence electrons. The number of ether oxygens (including phenoxy) is 3. The zero-order chi connectivity index (χ0) is 25.1. The fourth-order valence-electron chi connectivity index (χ4n) is 5.26. The minimum absolute atomic E-state index is 0.0734. The first-order valence-electron chi connectivity index (χ1n) is 12.7. The van der Waals surface area contributed by atoms with Crippen molar-refractivity contribution in [3.8, 4) is 28.4 Å². The smallest absolute Gasteiger partial charge is 0.304 e. The number of hydrogen-bond donors (Lipinski definition) is 2. The predicted molar refractivity (Wildman–Crippen MR) is 139 cm³/mol. The number of benzene rings is 3. The van der Waals surface area contributed by atoms with Crippen LogP contribution in [-0.4, -0.2) is 36.9 Å². The van der Waals surface area contributed by atoms with Crippen molar-refractivity contribution in [1.82, 2.24) is 5.32 Å². The fraction of sp³-hybridized carbons (Fsp3) is 0.367. The van der Waals surface area contributed by atoms with E-state index in [1.165, 1.54) is 16.7 Å². The van der Waals surface area contributed by atoms with Gasteiger partial charge in [-0.05, 0) is 91.9 Å². The summed E-state index contributed by atoms with van der Waals surface area (Å²) in [6.45, 7) is 7.14. The van der Waals surface area contributed by atoms with Gasteiger partial charge in [-0.25, -0.2) is 0 Å². The molecule has 1 atom stereocenters. The predicted octanol–water partition coefficient (Wildman–Crippen LogP) is 5.63. The second kappa shape index (κ2) is 10.6. The summed E-state index contributed by atoms with van der Waals surface area (Å²) in [7, 11) is 0. The lowest BCUT2D eigenvalue weighted by Crippen LogP contribution is -2.34. The average Bonchev–Trinajstić information content (AvgIpc) is 3.24. The molecule has 1 unspecified atom stereocenters. The van der Waals surface area contributed by atoms with E-state index < -0.39 is 5.97 Å². The van der Waals surface area contributed by atoms with E-state index in [-0.39, 0.29) is 18.4 Å². The number of carboxylic acids is 1. The van der Waals surface area contributed by atoms with Gasteiger partial charge in [0.05, 0.1) is 13.0 Å².